The van der Waals surface area contributed by atoms with Gasteiger partial charge in [-0.1, -0.05) is 18.2 Å². The first-order chi connectivity index (χ1) is 12.1. The minimum absolute atomic E-state index is 0.192. The minimum Gasteiger partial charge on any atom is -0.496 e. The van der Waals surface area contributed by atoms with Crippen molar-refractivity contribution < 1.29 is 9.53 Å². The molecule has 0 spiro atoms. The molecular formula is C20H31N3O2. The zero-order valence-corrected chi connectivity index (χ0v) is 15.8. The highest BCUT2D eigenvalue weighted by molar-refractivity contribution is 5.79. The monoisotopic (exact) mass is 345 g/mol. The van der Waals surface area contributed by atoms with Crippen molar-refractivity contribution in [3.8, 4) is 5.75 Å². The predicted molar refractivity (Wildman–Crippen MR) is 99.8 cm³/mol. The highest BCUT2D eigenvalue weighted by Gasteiger charge is 2.31. The summed E-state index contributed by atoms with van der Waals surface area (Å²) in [6, 6.07) is 8.53. The normalized spacial score (nSPS) is 24.1. The molecule has 2 aliphatic heterocycles. The van der Waals surface area contributed by atoms with E-state index in [0.717, 1.165) is 57.9 Å². The van der Waals surface area contributed by atoms with Crippen LogP contribution in [0.1, 0.15) is 31.4 Å². The Bertz CT molecular complexity index is 584. The van der Waals surface area contributed by atoms with Gasteiger partial charge in [0.25, 0.3) is 0 Å². The molecule has 2 saturated heterocycles. The van der Waals surface area contributed by atoms with Crippen molar-refractivity contribution in [2.45, 2.75) is 25.8 Å². The Hall–Kier alpha value is -1.59. The number of hydrogen-bond acceptors (Lipinski definition) is 4. The maximum atomic E-state index is 12.8. The van der Waals surface area contributed by atoms with E-state index in [-0.39, 0.29) is 5.92 Å². The molecule has 0 radical (unpaired) electrons. The number of carbonyl (C=O) groups is 1. The van der Waals surface area contributed by atoms with Crippen molar-refractivity contribution in [2.24, 2.45) is 5.92 Å². The van der Waals surface area contributed by atoms with E-state index in [2.05, 4.69) is 40.8 Å². The molecular weight excluding hydrogens is 314 g/mol. The van der Waals surface area contributed by atoms with E-state index in [4.69, 9.17) is 4.74 Å². The first-order valence-corrected chi connectivity index (χ1v) is 9.44. The quantitative estimate of drug-likeness (QED) is 0.839. The number of likely N-dealkylation sites (tertiary alicyclic amines) is 1. The molecule has 5 heteroatoms. The molecule has 1 amide bonds. The smallest absolute Gasteiger partial charge is 0.227 e. The Morgan fingerprint density at radius 2 is 1.88 bits per heavy atom. The third-order valence-electron chi connectivity index (χ3n) is 5.74. The first-order valence-electron chi connectivity index (χ1n) is 9.44. The van der Waals surface area contributed by atoms with Crippen molar-refractivity contribution in [1.29, 1.82) is 0 Å². The molecule has 138 valence electrons. The summed E-state index contributed by atoms with van der Waals surface area (Å²) < 4.78 is 5.51. The first kappa shape index (κ1) is 18.2. The summed E-state index contributed by atoms with van der Waals surface area (Å²) in [4.78, 5) is 19.6. The van der Waals surface area contributed by atoms with E-state index < -0.39 is 0 Å². The van der Waals surface area contributed by atoms with Crippen LogP contribution in [-0.2, 0) is 4.79 Å². The summed E-state index contributed by atoms with van der Waals surface area (Å²) >= 11 is 0. The molecule has 5 nitrogen and oxygen atoms in total. The van der Waals surface area contributed by atoms with Gasteiger partial charge in [-0.25, -0.2) is 0 Å². The van der Waals surface area contributed by atoms with Gasteiger partial charge in [-0.15, -0.1) is 0 Å². The molecule has 3 rings (SSSR count). The summed E-state index contributed by atoms with van der Waals surface area (Å²) in [5.74, 6) is 1.49. The molecule has 2 fully saturated rings. The largest absolute Gasteiger partial charge is 0.496 e. The Morgan fingerprint density at radius 3 is 2.56 bits per heavy atom. The highest BCUT2D eigenvalue weighted by atomic mass is 16.5. The lowest BCUT2D eigenvalue weighted by Crippen LogP contribution is -2.52. The van der Waals surface area contributed by atoms with Crippen LogP contribution in [-0.4, -0.2) is 74.0 Å². The van der Waals surface area contributed by atoms with Crippen molar-refractivity contribution >= 4 is 5.91 Å². The molecule has 0 unspecified atom stereocenters. The van der Waals surface area contributed by atoms with Crippen LogP contribution < -0.4 is 4.74 Å². The number of piperidine rings is 1. The van der Waals surface area contributed by atoms with E-state index in [1.807, 2.05) is 12.1 Å². The van der Waals surface area contributed by atoms with Crippen LogP contribution >= 0.6 is 0 Å². The van der Waals surface area contributed by atoms with Gasteiger partial charge in [-0.3, -0.25) is 9.69 Å². The average molecular weight is 345 g/mol. The van der Waals surface area contributed by atoms with Gasteiger partial charge < -0.3 is 14.5 Å². The topological polar surface area (TPSA) is 36.0 Å². The fourth-order valence-electron chi connectivity index (χ4n) is 4.16. The molecule has 0 aromatic heterocycles. The molecule has 0 aliphatic carbocycles. The van der Waals surface area contributed by atoms with E-state index in [1.54, 1.807) is 7.11 Å². The number of piperazine rings is 1. The van der Waals surface area contributed by atoms with Crippen LogP contribution in [0.4, 0.5) is 0 Å². The fraction of sp³-hybridized carbons (Fsp3) is 0.650. The van der Waals surface area contributed by atoms with Gasteiger partial charge >= 0.3 is 0 Å². The van der Waals surface area contributed by atoms with Crippen molar-refractivity contribution in [3.05, 3.63) is 29.8 Å². The minimum atomic E-state index is 0.192. The predicted octanol–water partition coefficient (Wildman–Crippen LogP) is 2.24. The number of methoxy groups -OCH3 is 1. The van der Waals surface area contributed by atoms with Gasteiger partial charge in [0.15, 0.2) is 0 Å². The Kier molecular flexibility index (Phi) is 5.97. The van der Waals surface area contributed by atoms with E-state index in [1.165, 1.54) is 5.56 Å². The second kappa shape index (κ2) is 8.19. The lowest BCUT2D eigenvalue weighted by Gasteiger charge is -2.40. The van der Waals surface area contributed by atoms with Crippen LogP contribution in [0.5, 0.6) is 5.75 Å². The maximum absolute atomic E-state index is 12.8. The van der Waals surface area contributed by atoms with Gasteiger partial charge in [0.05, 0.1) is 13.0 Å². The van der Waals surface area contributed by atoms with E-state index in [9.17, 15) is 4.79 Å². The molecule has 0 N–H and O–H groups in total. The van der Waals surface area contributed by atoms with E-state index >= 15 is 0 Å². The summed E-state index contributed by atoms with van der Waals surface area (Å²) in [7, 11) is 3.84. The zero-order valence-electron chi connectivity index (χ0n) is 15.8. The summed E-state index contributed by atoms with van der Waals surface area (Å²) in [6.07, 6.45) is 2.18. The van der Waals surface area contributed by atoms with E-state index in [0.29, 0.717) is 11.9 Å². The fourth-order valence-corrected chi connectivity index (χ4v) is 4.16. The van der Waals surface area contributed by atoms with Crippen LogP contribution in [0.3, 0.4) is 0 Å². The molecule has 0 bridgehead atoms. The number of carbonyl (C=O) groups excluding carboxylic acids is 1. The maximum Gasteiger partial charge on any atom is 0.227 e. The van der Waals surface area contributed by atoms with Crippen LogP contribution in [0.25, 0.3) is 0 Å². The number of hydrogen-bond donors (Lipinski definition) is 0. The number of para-hydroxylation sites is 1. The Morgan fingerprint density at radius 1 is 1.16 bits per heavy atom. The second-order valence-electron chi connectivity index (χ2n) is 7.38. The lowest BCUT2D eigenvalue weighted by molar-refractivity contribution is -0.139. The SMILES string of the molecule is COc1ccccc1[C@H](C)N1CCN(C(=O)[C@H]2CCCN(C)C2)CC1. The third kappa shape index (κ3) is 4.15. The summed E-state index contributed by atoms with van der Waals surface area (Å²) in [6.45, 7) is 7.77. The number of nitrogens with zero attached hydrogens (tertiary/aromatic N) is 3. The zero-order chi connectivity index (χ0) is 17.8. The average Bonchev–Trinajstić information content (AvgIpc) is 2.67. The Labute approximate surface area is 151 Å². The van der Waals surface area contributed by atoms with Crippen molar-refractivity contribution in [3.63, 3.8) is 0 Å². The standard InChI is InChI=1S/C20H31N3O2/c1-16(18-8-4-5-9-19(18)25-3)22-11-13-23(14-12-22)20(24)17-7-6-10-21(2)15-17/h4-5,8-9,16-17H,6-7,10-15H2,1-3H3/t16-,17-/m0/s1. The molecule has 2 heterocycles. The number of rotatable bonds is 4. The highest BCUT2D eigenvalue weighted by Crippen LogP contribution is 2.29. The molecule has 1 aromatic carbocycles. The van der Waals surface area contributed by atoms with Gasteiger partial charge in [0, 0.05) is 44.3 Å². The molecule has 25 heavy (non-hydrogen) atoms. The Balaban J connectivity index is 1.57. The number of amides is 1. The molecule has 1 aromatic rings. The van der Waals surface area contributed by atoms with Gasteiger partial charge in [0.1, 0.15) is 5.75 Å². The molecule has 2 atom stereocenters. The van der Waals surface area contributed by atoms with Crippen LogP contribution in [0.15, 0.2) is 24.3 Å². The lowest BCUT2D eigenvalue weighted by atomic mass is 9.96. The number of ether oxygens (including phenoxy) is 1. The molecule has 0 saturated carbocycles. The van der Waals surface area contributed by atoms with Gasteiger partial charge in [-0.2, -0.15) is 0 Å². The van der Waals surface area contributed by atoms with Crippen LogP contribution in [0, 0.1) is 5.92 Å². The molecule has 2 aliphatic rings. The van der Waals surface area contributed by atoms with Crippen molar-refractivity contribution in [1.82, 2.24) is 14.7 Å². The van der Waals surface area contributed by atoms with Gasteiger partial charge in [-0.05, 0) is 39.4 Å². The van der Waals surface area contributed by atoms with Gasteiger partial charge in [0.2, 0.25) is 5.91 Å². The van der Waals surface area contributed by atoms with Crippen molar-refractivity contribution in [2.75, 3.05) is 53.4 Å². The number of benzene rings is 1. The van der Waals surface area contributed by atoms with Crippen LogP contribution in [0.2, 0.25) is 0 Å². The third-order valence-corrected chi connectivity index (χ3v) is 5.74. The second-order valence-corrected chi connectivity index (χ2v) is 7.38. The summed E-state index contributed by atoms with van der Waals surface area (Å²) in [5, 5.41) is 0. The summed E-state index contributed by atoms with van der Waals surface area (Å²) in [5.41, 5.74) is 1.22.